The van der Waals surface area contributed by atoms with Gasteiger partial charge in [0.1, 0.15) is 5.75 Å². The second kappa shape index (κ2) is 7.32. The van der Waals surface area contributed by atoms with Gasteiger partial charge >= 0.3 is 0 Å². The number of ether oxygens (including phenoxy) is 2. The SMILES string of the molecule is c1ccc2c(c1)CC(Cn1ccnc1-c1cnc(N3CCOCC3)s1)CO2. The fourth-order valence-electron chi connectivity index (χ4n) is 3.74. The zero-order valence-corrected chi connectivity index (χ0v) is 15.9. The van der Waals surface area contributed by atoms with Gasteiger partial charge in [0.25, 0.3) is 0 Å². The summed E-state index contributed by atoms with van der Waals surface area (Å²) in [4.78, 5) is 12.6. The van der Waals surface area contributed by atoms with Crippen LogP contribution in [-0.2, 0) is 17.7 Å². The van der Waals surface area contributed by atoms with Crippen molar-refractivity contribution in [2.75, 3.05) is 37.8 Å². The molecule has 140 valence electrons. The van der Waals surface area contributed by atoms with Gasteiger partial charge in [0.2, 0.25) is 0 Å². The maximum absolute atomic E-state index is 5.95. The molecule has 2 aliphatic heterocycles. The molecule has 3 aromatic rings. The molecule has 4 heterocycles. The molecule has 1 aromatic carbocycles. The molecule has 0 saturated carbocycles. The Balaban J connectivity index is 1.32. The van der Waals surface area contributed by atoms with E-state index in [0.717, 1.165) is 67.5 Å². The molecule has 1 unspecified atom stereocenters. The van der Waals surface area contributed by atoms with Crippen LogP contribution >= 0.6 is 11.3 Å². The third-order valence-corrected chi connectivity index (χ3v) is 6.18. The normalized spacial score (nSPS) is 19.6. The third kappa shape index (κ3) is 3.44. The molecule has 1 saturated heterocycles. The van der Waals surface area contributed by atoms with Crippen LogP contribution in [0.1, 0.15) is 5.56 Å². The van der Waals surface area contributed by atoms with Crippen LogP contribution in [0.15, 0.2) is 42.9 Å². The Labute approximate surface area is 162 Å². The summed E-state index contributed by atoms with van der Waals surface area (Å²) in [6.45, 7) is 4.99. The number of anilines is 1. The first-order chi connectivity index (χ1) is 13.4. The van der Waals surface area contributed by atoms with Crippen molar-refractivity contribution in [3.63, 3.8) is 0 Å². The summed E-state index contributed by atoms with van der Waals surface area (Å²) in [5.41, 5.74) is 1.29. The molecular formula is C20H22N4O2S. The lowest BCUT2D eigenvalue weighted by atomic mass is 9.96. The van der Waals surface area contributed by atoms with Crippen molar-refractivity contribution < 1.29 is 9.47 Å². The standard InChI is InChI=1S/C20H22N4O2S/c1-2-4-17-16(3-1)11-15(14-26-17)13-24-6-5-21-19(24)18-12-22-20(27-18)23-7-9-25-10-8-23/h1-6,12,15H,7-11,13-14H2. The molecule has 0 bridgehead atoms. The fourth-order valence-corrected chi connectivity index (χ4v) is 4.72. The molecule has 0 aliphatic carbocycles. The molecule has 7 heteroatoms. The number of aromatic nitrogens is 3. The smallest absolute Gasteiger partial charge is 0.186 e. The molecule has 0 N–H and O–H groups in total. The molecule has 0 radical (unpaired) electrons. The topological polar surface area (TPSA) is 52.4 Å². The van der Waals surface area contributed by atoms with Gasteiger partial charge in [-0.2, -0.15) is 0 Å². The largest absolute Gasteiger partial charge is 0.493 e. The lowest BCUT2D eigenvalue weighted by molar-refractivity contribution is 0.122. The zero-order chi connectivity index (χ0) is 18.1. The first-order valence-electron chi connectivity index (χ1n) is 9.37. The van der Waals surface area contributed by atoms with Gasteiger partial charge in [0.15, 0.2) is 11.0 Å². The number of thiazole rings is 1. The van der Waals surface area contributed by atoms with E-state index in [4.69, 9.17) is 9.47 Å². The second-order valence-corrected chi connectivity index (χ2v) is 8.01. The van der Waals surface area contributed by atoms with Gasteiger partial charge in [-0.3, -0.25) is 0 Å². The Morgan fingerprint density at radius 1 is 1.15 bits per heavy atom. The number of para-hydroxylation sites is 1. The molecule has 2 aromatic heterocycles. The Morgan fingerprint density at radius 3 is 2.96 bits per heavy atom. The number of nitrogens with zero attached hydrogens (tertiary/aromatic N) is 4. The second-order valence-electron chi connectivity index (χ2n) is 7.00. The Morgan fingerprint density at radius 2 is 2.04 bits per heavy atom. The van der Waals surface area contributed by atoms with Gasteiger partial charge in [-0.05, 0) is 18.1 Å². The van der Waals surface area contributed by atoms with Crippen LogP contribution in [0.5, 0.6) is 5.75 Å². The number of imidazole rings is 1. The van der Waals surface area contributed by atoms with E-state index in [9.17, 15) is 0 Å². The average Bonchev–Trinajstić information content (AvgIpc) is 3.38. The number of hydrogen-bond donors (Lipinski definition) is 0. The average molecular weight is 382 g/mol. The molecule has 1 atom stereocenters. The summed E-state index contributed by atoms with van der Waals surface area (Å²) in [5.74, 6) is 2.46. The van der Waals surface area contributed by atoms with Crippen molar-refractivity contribution in [1.82, 2.24) is 14.5 Å². The Bertz CT molecular complexity index is 916. The quantitative estimate of drug-likeness (QED) is 0.694. The van der Waals surface area contributed by atoms with Crippen molar-refractivity contribution in [3.05, 3.63) is 48.4 Å². The highest BCUT2D eigenvalue weighted by Crippen LogP contribution is 2.32. The summed E-state index contributed by atoms with van der Waals surface area (Å²) in [7, 11) is 0. The van der Waals surface area contributed by atoms with E-state index in [0.29, 0.717) is 5.92 Å². The number of hydrogen-bond acceptors (Lipinski definition) is 6. The highest BCUT2D eigenvalue weighted by Gasteiger charge is 2.22. The van der Waals surface area contributed by atoms with E-state index >= 15 is 0 Å². The van der Waals surface area contributed by atoms with Crippen LogP contribution in [0.2, 0.25) is 0 Å². The molecule has 2 aliphatic rings. The van der Waals surface area contributed by atoms with Crippen molar-refractivity contribution >= 4 is 16.5 Å². The minimum absolute atomic E-state index is 0.444. The van der Waals surface area contributed by atoms with Crippen LogP contribution in [0.4, 0.5) is 5.13 Å². The monoisotopic (exact) mass is 382 g/mol. The van der Waals surface area contributed by atoms with Gasteiger partial charge in [-0.1, -0.05) is 29.5 Å². The van der Waals surface area contributed by atoms with Crippen molar-refractivity contribution in [1.29, 1.82) is 0 Å². The van der Waals surface area contributed by atoms with Crippen LogP contribution in [-0.4, -0.2) is 47.4 Å². The number of rotatable bonds is 4. The summed E-state index contributed by atoms with van der Waals surface area (Å²) < 4.78 is 13.6. The molecule has 27 heavy (non-hydrogen) atoms. The molecule has 0 spiro atoms. The molecule has 6 nitrogen and oxygen atoms in total. The first-order valence-corrected chi connectivity index (χ1v) is 10.2. The van der Waals surface area contributed by atoms with Crippen LogP contribution in [0.3, 0.4) is 0 Å². The molecule has 5 rings (SSSR count). The van der Waals surface area contributed by atoms with Crippen molar-refractivity contribution in [2.45, 2.75) is 13.0 Å². The lowest BCUT2D eigenvalue weighted by Crippen LogP contribution is -2.36. The van der Waals surface area contributed by atoms with E-state index in [1.54, 1.807) is 11.3 Å². The molecule has 0 amide bonds. The summed E-state index contributed by atoms with van der Waals surface area (Å²) in [6.07, 6.45) is 6.92. The molecular weight excluding hydrogens is 360 g/mol. The number of benzene rings is 1. The van der Waals surface area contributed by atoms with Crippen molar-refractivity contribution in [3.8, 4) is 16.5 Å². The van der Waals surface area contributed by atoms with E-state index in [1.165, 1.54) is 5.56 Å². The van der Waals surface area contributed by atoms with Crippen LogP contribution in [0, 0.1) is 5.92 Å². The summed E-state index contributed by atoms with van der Waals surface area (Å²) in [5, 5.41) is 1.05. The van der Waals surface area contributed by atoms with E-state index in [2.05, 4.69) is 43.8 Å². The molecule has 1 fully saturated rings. The Hall–Kier alpha value is -2.38. The minimum atomic E-state index is 0.444. The van der Waals surface area contributed by atoms with Gasteiger partial charge in [-0.25, -0.2) is 9.97 Å². The predicted molar refractivity (Wildman–Crippen MR) is 105 cm³/mol. The maximum atomic E-state index is 5.95. The fraction of sp³-hybridized carbons (Fsp3) is 0.400. The predicted octanol–water partition coefficient (Wildman–Crippen LogP) is 3.09. The van der Waals surface area contributed by atoms with Crippen LogP contribution in [0.25, 0.3) is 10.7 Å². The number of morpholine rings is 1. The maximum Gasteiger partial charge on any atom is 0.186 e. The van der Waals surface area contributed by atoms with E-state index in [-0.39, 0.29) is 0 Å². The van der Waals surface area contributed by atoms with Crippen LogP contribution < -0.4 is 9.64 Å². The highest BCUT2D eigenvalue weighted by molar-refractivity contribution is 7.18. The van der Waals surface area contributed by atoms with Gasteiger partial charge < -0.3 is 18.9 Å². The first kappa shape index (κ1) is 16.8. The van der Waals surface area contributed by atoms with E-state index in [1.807, 2.05) is 18.5 Å². The number of fused-ring (bicyclic) bond motifs is 1. The van der Waals surface area contributed by atoms with Gasteiger partial charge in [0, 0.05) is 37.9 Å². The van der Waals surface area contributed by atoms with E-state index < -0.39 is 0 Å². The Kier molecular flexibility index (Phi) is 4.55. The zero-order valence-electron chi connectivity index (χ0n) is 15.1. The van der Waals surface area contributed by atoms with Crippen molar-refractivity contribution in [2.24, 2.45) is 5.92 Å². The van der Waals surface area contributed by atoms with Gasteiger partial charge in [-0.15, -0.1) is 0 Å². The minimum Gasteiger partial charge on any atom is -0.493 e. The summed E-state index contributed by atoms with van der Waals surface area (Å²) in [6, 6.07) is 8.33. The highest BCUT2D eigenvalue weighted by atomic mass is 32.1. The van der Waals surface area contributed by atoms with Gasteiger partial charge in [0.05, 0.1) is 30.9 Å². The summed E-state index contributed by atoms with van der Waals surface area (Å²) >= 11 is 1.71. The lowest BCUT2D eigenvalue weighted by Gasteiger charge is -2.26. The third-order valence-electron chi connectivity index (χ3n) is 5.12.